The molecular formula is C38H47F2IN8O8. The van der Waals surface area contributed by atoms with Gasteiger partial charge in [-0.25, -0.2) is 18.4 Å². The first-order valence-electron chi connectivity index (χ1n) is 18.6. The van der Waals surface area contributed by atoms with Crippen molar-refractivity contribution in [2.45, 2.75) is 88.8 Å². The molecule has 308 valence electrons. The summed E-state index contributed by atoms with van der Waals surface area (Å²) in [6.07, 6.45) is -1.04. The maximum atomic E-state index is 14.6. The van der Waals surface area contributed by atoms with Crippen molar-refractivity contribution in [2.75, 3.05) is 32.0 Å². The molecule has 0 radical (unpaired) electrons. The second kappa shape index (κ2) is 18.6. The third-order valence-corrected chi connectivity index (χ3v) is 11.1. The second-order valence-electron chi connectivity index (χ2n) is 14.7. The molecule has 2 aromatic rings. The molecule has 3 fully saturated rings. The zero-order chi connectivity index (χ0) is 41.7. The van der Waals surface area contributed by atoms with E-state index in [-0.39, 0.29) is 44.0 Å². The lowest BCUT2D eigenvalue weighted by atomic mass is 10.0. The van der Waals surface area contributed by atoms with Gasteiger partial charge in [-0.1, -0.05) is 6.92 Å². The van der Waals surface area contributed by atoms with Crippen LogP contribution < -0.4 is 27.0 Å². The average Bonchev–Trinajstić information content (AvgIpc) is 3.80. The SMILES string of the molecule is C[C@@H]1C[C@H]2C(=O)O[C@@H](C)[C@H](NC(=O)[C@H](Cc3cc(F)cc(F)c3)NC(=O)Nc3ccc(I)cc3)C(=O)N3CCC[C@H]3C(=O)N(C)[C@@H](CN)C(=O)N[C@@H](C)C(=O)N2C1. The summed E-state index contributed by atoms with van der Waals surface area (Å²) in [4.78, 5) is 101. The van der Waals surface area contributed by atoms with Crippen molar-refractivity contribution < 1.29 is 47.1 Å². The van der Waals surface area contributed by atoms with Crippen LogP contribution in [0.1, 0.15) is 45.6 Å². The van der Waals surface area contributed by atoms with Crippen molar-refractivity contribution in [3.8, 4) is 0 Å². The van der Waals surface area contributed by atoms with E-state index in [9.17, 15) is 42.3 Å². The number of urea groups is 1. The minimum atomic E-state index is -1.66. The van der Waals surface area contributed by atoms with Crippen LogP contribution >= 0.6 is 22.6 Å². The monoisotopic (exact) mass is 908 g/mol. The van der Waals surface area contributed by atoms with Crippen LogP contribution in [0.25, 0.3) is 0 Å². The lowest BCUT2D eigenvalue weighted by Crippen LogP contribution is -2.63. The van der Waals surface area contributed by atoms with Crippen molar-refractivity contribution in [1.82, 2.24) is 30.7 Å². The van der Waals surface area contributed by atoms with E-state index < -0.39 is 102 Å². The number of nitrogens with zero attached hydrogens (tertiary/aromatic N) is 3. The van der Waals surface area contributed by atoms with E-state index in [4.69, 9.17) is 10.5 Å². The number of cyclic esters (lactones) is 1. The predicted octanol–water partition coefficient (Wildman–Crippen LogP) is 1.25. The Morgan fingerprint density at radius 2 is 1.63 bits per heavy atom. The number of hydrogen-bond donors (Lipinski definition) is 5. The number of carbonyl (C=O) groups is 7. The summed E-state index contributed by atoms with van der Waals surface area (Å²) < 4.78 is 35.3. The first-order valence-corrected chi connectivity index (χ1v) is 19.7. The van der Waals surface area contributed by atoms with Crippen LogP contribution in [0.5, 0.6) is 0 Å². The highest BCUT2D eigenvalue weighted by Gasteiger charge is 2.46. The fourth-order valence-electron chi connectivity index (χ4n) is 7.42. The Hall–Kier alpha value is -4.92. The first kappa shape index (κ1) is 43.2. The first-order chi connectivity index (χ1) is 27.0. The molecule has 0 bridgehead atoms. The number of fused-ring (bicyclic) bond motifs is 2. The van der Waals surface area contributed by atoms with Gasteiger partial charge in [-0.3, -0.25) is 24.0 Å². The molecule has 19 heteroatoms. The fraction of sp³-hybridized carbons (Fsp3) is 0.500. The number of ether oxygens (including phenoxy) is 1. The summed E-state index contributed by atoms with van der Waals surface area (Å²) in [5, 5.41) is 10.3. The van der Waals surface area contributed by atoms with E-state index in [0.29, 0.717) is 18.2 Å². The Kier molecular flexibility index (Phi) is 14.1. The van der Waals surface area contributed by atoms with Crippen LogP contribution in [-0.2, 0) is 39.9 Å². The van der Waals surface area contributed by atoms with Gasteiger partial charge in [0.25, 0.3) is 0 Å². The Balaban J connectivity index is 1.50. The van der Waals surface area contributed by atoms with Crippen LogP contribution in [-0.4, -0.2) is 125 Å². The number of nitrogens with one attached hydrogen (secondary N) is 4. The average molecular weight is 909 g/mol. The number of nitrogens with two attached hydrogens (primary N) is 1. The molecular weight excluding hydrogens is 861 g/mol. The highest BCUT2D eigenvalue weighted by molar-refractivity contribution is 14.1. The normalized spacial score (nSPS) is 26.6. The molecule has 2 aromatic carbocycles. The lowest BCUT2D eigenvalue weighted by Gasteiger charge is -2.36. The Morgan fingerprint density at radius 1 is 0.965 bits per heavy atom. The molecule has 16 nitrogen and oxygen atoms in total. The van der Waals surface area contributed by atoms with Crippen molar-refractivity contribution >= 4 is 69.8 Å². The van der Waals surface area contributed by atoms with Gasteiger partial charge in [0, 0.05) is 48.4 Å². The summed E-state index contributed by atoms with van der Waals surface area (Å²) in [7, 11) is 1.37. The highest BCUT2D eigenvalue weighted by Crippen LogP contribution is 2.27. The van der Waals surface area contributed by atoms with E-state index >= 15 is 0 Å². The standard InChI is InChI=1S/C38H47F2IN8O8/c1-19-12-29-37(55)57-21(3)31(36(54)48-11-5-6-28(48)35(53)47(4)30(17-42)33(51)43-20(2)34(52)49(29)18-19)46-32(50)27(15-22-13-23(39)16-24(40)14-22)45-38(56)44-26-9-7-25(41)8-10-26/h7-10,13-14,16,19-21,27-31H,5-6,11-12,15,17-18,42H2,1-4H3,(H,43,51)(H,46,50)(H2,44,45,56)/t19-,20+,21+,27+,28+,29+,30+,31+/m1/s1. The number of halogens is 3. The molecule has 6 N–H and O–H groups in total. The van der Waals surface area contributed by atoms with Crippen molar-refractivity contribution in [2.24, 2.45) is 11.7 Å². The van der Waals surface area contributed by atoms with Crippen LogP contribution in [0.15, 0.2) is 42.5 Å². The van der Waals surface area contributed by atoms with Gasteiger partial charge in [-0.05, 0) is 104 Å². The summed E-state index contributed by atoms with van der Waals surface area (Å²) >= 11 is 2.09. The Labute approximate surface area is 342 Å². The number of carbonyl (C=O) groups excluding carboxylic acids is 7. The maximum Gasteiger partial charge on any atom is 0.329 e. The maximum absolute atomic E-state index is 14.6. The predicted molar refractivity (Wildman–Crippen MR) is 210 cm³/mol. The van der Waals surface area contributed by atoms with Crippen LogP contribution in [0.2, 0.25) is 0 Å². The third kappa shape index (κ3) is 10.3. The third-order valence-electron chi connectivity index (χ3n) is 10.4. The molecule has 8 atom stereocenters. The zero-order valence-corrected chi connectivity index (χ0v) is 34.1. The number of benzene rings is 2. The molecule has 57 heavy (non-hydrogen) atoms. The smallest absolute Gasteiger partial charge is 0.329 e. The molecule has 7 amide bonds. The molecule has 0 spiro atoms. The van der Waals surface area contributed by atoms with Gasteiger partial charge >= 0.3 is 12.0 Å². The van der Waals surface area contributed by atoms with Crippen LogP contribution in [0.4, 0.5) is 19.3 Å². The topological polar surface area (TPSA) is 213 Å². The molecule has 0 unspecified atom stereocenters. The number of rotatable bonds is 7. The Bertz CT molecular complexity index is 1870. The number of likely N-dealkylation sites (N-methyl/N-ethyl adjacent to an activating group) is 1. The minimum absolute atomic E-state index is 0.00656. The van der Waals surface area contributed by atoms with Gasteiger partial charge in [0.2, 0.25) is 29.5 Å². The van der Waals surface area contributed by atoms with Crippen molar-refractivity contribution in [3.63, 3.8) is 0 Å². The molecule has 3 heterocycles. The number of esters is 1. The molecule has 3 aliphatic rings. The summed E-state index contributed by atoms with van der Waals surface area (Å²) in [6, 6.07) is 0.807. The number of anilines is 1. The quantitative estimate of drug-likeness (QED) is 0.200. The van der Waals surface area contributed by atoms with Gasteiger partial charge in [-0.15, -0.1) is 0 Å². The lowest BCUT2D eigenvalue weighted by molar-refractivity contribution is -0.162. The summed E-state index contributed by atoms with van der Waals surface area (Å²) in [6.45, 7) is 4.59. The Morgan fingerprint density at radius 3 is 2.28 bits per heavy atom. The van der Waals surface area contributed by atoms with Gasteiger partial charge in [0.1, 0.15) is 54.0 Å². The van der Waals surface area contributed by atoms with E-state index in [1.807, 2.05) is 6.92 Å². The highest BCUT2D eigenvalue weighted by atomic mass is 127. The fourth-order valence-corrected chi connectivity index (χ4v) is 7.78. The van der Waals surface area contributed by atoms with Gasteiger partial charge in [-0.2, -0.15) is 0 Å². The van der Waals surface area contributed by atoms with Crippen molar-refractivity contribution in [3.05, 3.63) is 63.2 Å². The summed E-state index contributed by atoms with van der Waals surface area (Å²) in [5.41, 5.74) is 6.34. The van der Waals surface area contributed by atoms with Crippen molar-refractivity contribution in [1.29, 1.82) is 0 Å². The van der Waals surface area contributed by atoms with E-state index in [1.54, 1.807) is 24.3 Å². The minimum Gasteiger partial charge on any atom is -0.458 e. The van der Waals surface area contributed by atoms with Crippen LogP contribution in [0, 0.1) is 21.1 Å². The van der Waals surface area contributed by atoms with Gasteiger partial charge in [0.05, 0.1) is 0 Å². The number of hydrogen-bond acceptors (Lipinski definition) is 9. The van der Waals surface area contributed by atoms with E-state index in [2.05, 4.69) is 43.9 Å². The number of amides is 7. The largest absolute Gasteiger partial charge is 0.458 e. The van der Waals surface area contributed by atoms with E-state index in [1.165, 1.54) is 30.7 Å². The molecule has 0 aromatic heterocycles. The summed E-state index contributed by atoms with van der Waals surface area (Å²) in [5.74, 6) is -6.55. The molecule has 0 aliphatic carbocycles. The second-order valence-corrected chi connectivity index (χ2v) is 16.0. The molecule has 5 rings (SSSR count). The van der Waals surface area contributed by atoms with Crippen LogP contribution in [0.3, 0.4) is 0 Å². The van der Waals surface area contributed by atoms with Gasteiger partial charge < -0.3 is 46.4 Å². The zero-order valence-electron chi connectivity index (χ0n) is 31.9. The van der Waals surface area contributed by atoms with E-state index in [0.717, 1.165) is 20.6 Å². The molecule has 0 saturated carbocycles. The molecule has 3 saturated heterocycles. The molecule has 3 aliphatic heterocycles. The van der Waals surface area contributed by atoms with Gasteiger partial charge in [0.15, 0.2) is 0 Å².